The molecule has 0 bridgehead atoms. The molecule has 1 heterocycles. The predicted molar refractivity (Wildman–Crippen MR) is 66.5 cm³/mol. The molecule has 0 aromatic carbocycles. The highest BCUT2D eigenvalue weighted by Crippen LogP contribution is 2.31. The molecule has 1 saturated carbocycles. The summed E-state index contributed by atoms with van der Waals surface area (Å²) in [6.45, 7) is 3.52. The number of rotatable bonds is 4. The van der Waals surface area contributed by atoms with Gasteiger partial charge in [-0.05, 0) is 45.1 Å². The summed E-state index contributed by atoms with van der Waals surface area (Å²) in [5.74, 6) is 0.786. The molecular weight excluding hydrogens is 200 g/mol. The van der Waals surface area contributed by atoms with Crippen LogP contribution in [0.25, 0.3) is 0 Å². The zero-order valence-corrected chi connectivity index (χ0v) is 10.4. The van der Waals surface area contributed by atoms with Crippen molar-refractivity contribution in [2.24, 2.45) is 5.92 Å². The Morgan fingerprint density at radius 3 is 2.81 bits per heavy atom. The summed E-state index contributed by atoms with van der Waals surface area (Å²) in [6, 6.07) is 1.59. The van der Waals surface area contributed by atoms with Gasteiger partial charge in [-0.15, -0.1) is 0 Å². The van der Waals surface area contributed by atoms with Crippen molar-refractivity contribution in [1.29, 1.82) is 0 Å². The molecular formula is C13H26N2O. The fraction of sp³-hybridized carbons (Fsp3) is 1.00. The van der Waals surface area contributed by atoms with E-state index in [1.165, 1.54) is 45.1 Å². The molecule has 3 N–H and O–H groups in total. The largest absolute Gasteiger partial charge is 0.395 e. The Hall–Kier alpha value is -0.120. The number of aliphatic hydroxyl groups excluding tert-OH is 1. The first-order valence-electron chi connectivity index (χ1n) is 6.91. The normalized spacial score (nSPS) is 37.5. The maximum absolute atomic E-state index is 9.11. The summed E-state index contributed by atoms with van der Waals surface area (Å²) in [4.78, 5) is 0. The quantitative estimate of drug-likeness (QED) is 0.676. The Bertz CT molecular complexity index is 204. The van der Waals surface area contributed by atoms with Gasteiger partial charge in [0.05, 0.1) is 6.61 Å². The van der Waals surface area contributed by atoms with Crippen LogP contribution in [0.3, 0.4) is 0 Å². The van der Waals surface area contributed by atoms with Crippen molar-refractivity contribution in [3.63, 3.8) is 0 Å². The number of hydrogen-bond acceptors (Lipinski definition) is 3. The van der Waals surface area contributed by atoms with Crippen molar-refractivity contribution in [2.45, 2.75) is 63.6 Å². The van der Waals surface area contributed by atoms with Gasteiger partial charge in [-0.3, -0.25) is 0 Å². The molecule has 0 spiro atoms. The van der Waals surface area contributed by atoms with Crippen LogP contribution in [0.4, 0.5) is 0 Å². The van der Waals surface area contributed by atoms with Crippen molar-refractivity contribution < 1.29 is 5.11 Å². The van der Waals surface area contributed by atoms with Crippen LogP contribution in [0.1, 0.15) is 45.4 Å². The van der Waals surface area contributed by atoms with Crippen LogP contribution in [0.15, 0.2) is 0 Å². The fourth-order valence-electron chi connectivity index (χ4n) is 3.34. The van der Waals surface area contributed by atoms with Gasteiger partial charge in [-0.1, -0.05) is 12.8 Å². The molecule has 3 heteroatoms. The van der Waals surface area contributed by atoms with E-state index in [1.807, 2.05) is 0 Å². The standard InChI is InChI=1S/C13H26N2O/c1-10(9-16)15-13-7-4-5-11(13)12-6-2-3-8-14-12/h10-16H,2-9H2,1H3/t10-,11?,12?,13?/m1/s1. The molecule has 0 aromatic rings. The Balaban J connectivity index is 1.86. The zero-order chi connectivity index (χ0) is 11.4. The minimum Gasteiger partial charge on any atom is -0.395 e. The molecule has 0 radical (unpaired) electrons. The molecule has 2 fully saturated rings. The molecule has 1 saturated heterocycles. The van der Waals surface area contributed by atoms with Gasteiger partial charge < -0.3 is 15.7 Å². The maximum Gasteiger partial charge on any atom is 0.0582 e. The lowest BCUT2D eigenvalue weighted by Gasteiger charge is -2.34. The van der Waals surface area contributed by atoms with E-state index in [4.69, 9.17) is 5.11 Å². The fourth-order valence-corrected chi connectivity index (χ4v) is 3.34. The predicted octanol–water partition coefficient (Wildman–Crippen LogP) is 1.27. The first-order chi connectivity index (χ1) is 7.81. The smallest absolute Gasteiger partial charge is 0.0582 e. The van der Waals surface area contributed by atoms with Gasteiger partial charge in [0.1, 0.15) is 0 Å². The summed E-state index contributed by atoms with van der Waals surface area (Å²) >= 11 is 0. The van der Waals surface area contributed by atoms with Crippen LogP contribution < -0.4 is 10.6 Å². The van der Waals surface area contributed by atoms with Gasteiger partial charge in [-0.25, -0.2) is 0 Å². The number of hydrogen-bond donors (Lipinski definition) is 3. The van der Waals surface area contributed by atoms with E-state index in [1.54, 1.807) is 0 Å². The van der Waals surface area contributed by atoms with Gasteiger partial charge in [0, 0.05) is 18.1 Å². The Morgan fingerprint density at radius 1 is 1.25 bits per heavy atom. The monoisotopic (exact) mass is 226 g/mol. The molecule has 3 nitrogen and oxygen atoms in total. The van der Waals surface area contributed by atoms with Crippen molar-refractivity contribution in [3.05, 3.63) is 0 Å². The van der Waals surface area contributed by atoms with E-state index in [9.17, 15) is 0 Å². The van der Waals surface area contributed by atoms with Crippen LogP contribution in [-0.2, 0) is 0 Å². The average molecular weight is 226 g/mol. The second kappa shape index (κ2) is 5.99. The second-order valence-electron chi connectivity index (χ2n) is 5.51. The van der Waals surface area contributed by atoms with Crippen LogP contribution in [0.2, 0.25) is 0 Å². The molecule has 2 aliphatic rings. The minimum absolute atomic E-state index is 0.245. The van der Waals surface area contributed by atoms with Crippen LogP contribution in [0, 0.1) is 5.92 Å². The van der Waals surface area contributed by atoms with Gasteiger partial charge in [0.15, 0.2) is 0 Å². The van der Waals surface area contributed by atoms with Crippen molar-refractivity contribution in [1.82, 2.24) is 10.6 Å². The second-order valence-corrected chi connectivity index (χ2v) is 5.51. The number of nitrogens with one attached hydrogen (secondary N) is 2. The average Bonchev–Trinajstić information content (AvgIpc) is 2.78. The van der Waals surface area contributed by atoms with E-state index in [0.717, 1.165) is 12.0 Å². The van der Waals surface area contributed by atoms with Gasteiger partial charge in [-0.2, -0.15) is 0 Å². The lowest BCUT2D eigenvalue weighted by Crippen LogP contribution is -2.49. The zero-order valence-electron chi connectivity index (χ0n) is 10.4. The Labute approximate surface area is 99.0 Å². The lowest BCUT2D eigenvalue weighted by molar-refractivity contribution is 0.207. The first kappa shape index (κ1) is 12.3. The molecule has 2 rings (SSSR count). The molecule has 0 aromatic heterocycles. The molecule has 1 aliphatic heterocycles. The SMILES string of the molecule is C[C@H](CO)NC1CCCC1C1CCCCN1. The van der Waals surface area contributed by atoms with Crippen LogP contribution in [-0.4, -0.2) is 36.4 Å². The van der Waals surface area contributed by atoms with E-state index >= 15 is 0 Å². The van der Waals surface area contributed by atoms with Gasteiger partial charge in [0.25, 0.3) is 0 Å². The highest BCUT2D eigenvalue weighted by molar-refractivity contribution is 4.93. The summed E-state index contributed by atoms with van der Waals surface area (Å²) in [6.07, 6.45) is 8.06. The highest BCUT2D eigenvalue weighted by Gasteiger charge is 2.34. The highest BCUT2D eigenvalue weighted by atomic mass is 16.3. The van der Waals surface area contributed by atoms with Gasteiger partial charge in [0.2, 0.25) is 0 Å². The van der Waals surface area contributed by atoms with E-state index in [2.05, 4.69) is 17.6 Å². The Kier molecular flexibility index (Phi) is 4.62. The van der Waals surface area contributed by atoms with Gasteiger partial charge >= 0.3 is 0 Å². The number of piperidine rings is 1. The lowest BCUT2D eigenvalue weighted by atomic mass is 9.88. The van der Waals surface area contributed by atoms with E-state index in [0.29, 0.717) is 6.04 Å². The van der Waals surface area contributed by atoms with E-state index in [-0.39, 0.29) is 12.6 Å². The van der Waals surface area contributed by atoms with Crippen molar-refractivity contribution in [3.8, 4) is 0 Å². The van der Waals surface area contributed by atoms with E-state index < -0.39 is 0 Å². The molecule has 16 heavy (non-hydrogen) atoms. The third-order valence-corrected chi connectivity index (χ3v) is 4.21. The molecule has 94 valence electrons. The maximum atomic E-state index is 9.11. The van der Waals surface area contributed by atoms with Crippen LogP contribution >= 0.6 is 0 Å². The molecule has 1 aliphatic carbocycles. The third kappa shape index (κ3) is 2.96. The summed E-state index contributed by atoms with van der Waals surface area (Å²) in [5, 5.41) is 16.4. The topological polar surface area (TPSA) is 44.3 Å². The number of aliphatic hydroxyl groups is 1. The summed E-state index contributed by atoms with van der Waals surface area (Å²) < 4.78 is 0. The van der Waals surface area contributed by atoms with Crippen LogP contribution in [0.5, 0.6) is 0 Å². The van der Waals surface area contributed by atoms with Crippen molar-refractivity contribution in [2.75, 3.05) is 13.2 Å². The molecule has 0 amide bonds. The first-order valence-corrected chi connectivity index (χ1v) is 6.91. The summed E-state index contributed by atoms with van der Waals surface area (Å²) in [5.41, 5.74) is 0. The Morgan fingerprint density at radius 2 is 2.12 bits per heavy atom. The third-order valence-electron chi connectivity index (χ3n) is 4.21. The minimum atomic E-state index is 0.245. The summed E-state index contributed by atoms with van der Waals surface area (Å²) in [7, 11) is 0. The molecule has 4 atom stereocenters. The molecule has 3 unspecified atom stereocenters. The van der Waals surface area contributed by atoms with Crippen molar-refractivity contribution >= 4 is 0 Å².